The quantitative estimate of drug-likeness (QED) is 0.124. The van der Waals surface area contributed by atoms with Crippen LogP contribution in [-0.4, -0.2) is 24.2 Å². The summed E-state index contributed by atoms with van der Waals surface area (Å²) in [5, 5.41) is 16.8. The number of hydrogen-bond donors (Lipinski definition) is 1. The summed E-state index contributed by atoms with van der Waals surface area (Å²) >= 11 is 0. The standard InChI is InChI=1S/C63H66O4/c1-34(2)45-30-52(36(5)6)58(53(31-45)37(7)8)50-26-24-41-16-14-18-48(56(41)60(50)62(64)65)43-22-20-40-21-23-44(29-47(40)28-43)49-19-15-17-42-25-27-51(61(57(42)49)63(66)67-13)59-54(38(9)10)32-46(35(3)4)33-55(59)39(11)12/h14-39H,1-13H3,(H,64,65). The van der Waals surface area contributed by atoms with Crippen LogP contribution >= 0.6 is 0 Å². The van der Waals surface area contributed by atoms with Gasteiger partial charge in [-0.1, -0.05) is 192 Å². The molecule has 0 aliphatic heterocycles. The van der Waals surface area contributed by atoms with Crippen LogP contribution in [0.2, 0.25) is 0 Å². The van der Waals surface area contributed by atoms with E-state index in [0.29, 0.717) is 23.0 Å². The van der Waals surface area contributed by atoms with E-state index in [2.05, 4.69) is 186 Å². The van der Waals surface area contributed by atoms with Gasteiger partial charge in [0.1, 0.15) is 0 Å². The number of aromatic carboxylic acids is 1. The fourth-order valence-electron chi connectivity index (χ4n) is 10.3. The summed E-state index contributed by atoms with van der Waals surface area (Å²) in [6.07, 6.45) is 0. The summed E-state index contributed by atoms with van der Waals surface area (Å²) in [4.78, 5) is 28.1. The first kappa shape index (κ1) is 47.0. The second-order valence-corrected chi connectivity index (χ2v) is 20.4. The summed E-state index contributed by atoms with van der Waals surface area (Å²) in [6, 6.07) is 42.8. The van der Waals surface area contributed by atoms with E-state index >= 15 is 0 Å². The summed E-state index contributed by atoms with van der Waals surface area (Å²) < 4.78 is 5.66. The van der Waals surface area contributed by atoms with E-state index in [1.54, 1.807) is 0 Å². The van der Waals surface area contributed by atoms with Gasteiger partial charge in [0.2, 0.25) is 0 Å². The van der Waals surface area contributed by atoms with Crippen molar-refractivity contribution in [3.63, 3.8) is 0 Å². The molecule has 0 spiro atoms. The van der Waals surface area contributed by atoms with Gasteiger partial charge in [-0.2, -0.15) is 0 Å². The topological polar surface area (TPSA) is 63.6 Å². The van der Waals surface area contributed by atoms with Crippen molar-refractivity contribution in [3.8, 4) is 44.5 Å². The fraction of sp³-hybridized carbons (Fsp3) is 0.302. The van der Waals surface area contributed by atoms with Crippen molar-refractivity contribution in [2.75, 3.05) is 7.11 Å². The molecule has 0 fully saturated rings. The molecule has 342 valence electrons. The lowest BCUT2D eigenvalue weighted by atomic mass is 9.79. The zero-order chi connectivity index (χ0) is 48.2. The molecule has 8 rings (SSSR count). The van der Waals surface area contributed by atoms with Crippen molar-refractivity contribution in [1.82, 2.24) is 0 Å². The predicted molar refractivity (Wildman–Crippen MR) is 284 cm³/mol. The zero-order valence-corrected chi connectivity index (χ0v) is 41.7. The number of esters is 1. The fourth-order valence-corrected chi connectivity index (χ4v) is 10.3. The summed E-state index contributed by atoms with van der Waals surface area (Å²) in [5.41, 5.74) is 15.8. The van der Waals surface area contributed by atoms with Gasteiger partial charge in [0.15, 0.2) is 0 Å². The second kappa shape index (κ2) is 18.6. The van der Waals surface area contributed by atoms with E-state index in [4.69, 9.17) is 4.74 Å². The maximum atomic E-state index is 14.3. The molecular formula is C63H66O4. The molecule has 0 radical (unpaired) electrons. The number of carboxylic acids is 1. The van der Waals surface area contributed by atoms with Crippen molar-refractivity contribution in [2.24, 2.45) is 0 Å². The van der Waals surface area contributed by atoms with Crippen LogP contribution < -0.4 is 0 Å². The van der Waals surface area contributed by atoms with Gasteiger partial charge in [-0.15, -0.1) is 0 Å². The number of benzene rings is 8. The van der Waals surface area contributed by atoms with Crippen molar-refractivity contribution in [1.29, 1.82) is 0 Å². The number of fused-ring (bicyclic) bond motifs is 3. The minimum atomic E-state index is -0.942. The average molecular weight is 887 g/mol. The highest BCUT2D eigenvalue weighted by Gasteiger charge is 2.28. The van der Waals surface area contributed by atoms with Gasteiger partial charge in [-0.05, 0) is 147 Å². The maximum absolute atomic E-state index is 14.3. The van der Waals surface area contributed by atoms with Crippen molar-refractivity contribution in [2.45, 2.75) is 119 Å². The Morgan fingerprint density at radius 1 is 0.403 bits per heavy atom. The Morgan fingerprint density at radius 2 is 0.776 bits per heavy atom. The molecule has 8 aromatic rings. The average Bonchev–Trinajstić information content (AvgIpc) is 3.31. The lowest BCUT2D eigenvalue weighted by Crippen LogP contribution is -2.09. The minimum Gasteiger partial charge on any atom is -0.478 e. The first-order chi connectivity index (χ1) is 31.9. The van der Waals surface area contributed by atoms with Gasteiger partial charge in [-0.25, -0.2) is 9.59 Å². The molecule has 0 aromatic heterocycles. The molecule has 0 amide bonds. The Morgan fingerprint density at radius 3 is 1.13 bits per heavy atom. The van der Waals surface area contributed by atoms with Crippen molar-refractivity contribution < 1.29 is 19.4 Å². The lowest BCUT2D eigenvalue weighted by Gasteiger charge is -2.25. The van der Waals surface area contributed by atoms with E-state index in [1.807, 2.05) is 18.2 Å². The van der Waals surface area contributed by atoms with Gasteiger partial charge >= 0.3 is 11.9 Å². The van der Waals surface area contributed by atoms with Crippen LogP contribution in [0.5, 0.6) is 0 Å². The van der Waals surface area contributed by atoms with Gasteiger partial charge < -0.3 is 9.84 Å². The number of rotatable bonds is 12. The summed E-state index contributed by atoms with van der Waals surface area (Å²) in [7, 11) is 1.47. The van der Waals surface area contributed by atoms with E-state index < -0.39 is 5.97 Å². The van der Waals surface area contributed by atoms with E-state index in [1.165, 1.54) is 40.5 Å². The Hall–Kier alpha value is -6.52. The Labute approximate surface area is 398 Å². The molecule has 0 atom stereocenters. The van der Waals surface area contributed by atoms with Crippen LogP contribution in [0.3, 0.4) is 0 Å². The highest BCUT2D eigenvalue weighted by atomic mass is 16.5. The monoisotopic (exact) mass is 886 g/mol. The van der Waals surface area contributed by atoms with E-state index in [-0.39, 0.29) is 29.6 Å². The van der Waals surface area contributed by atoms with Crippen LogP contribution in [-0.2, 0) is 4.74 Å². The zero-order valence-electron chi connectivity index (χ0n) is 41.7. The van der Waals surface area contributed by atoms with Gasteiger partial charge in [0.25, 0.3) is 0 Å². The molecule has 4 nitrogen and oxygen atoms in total. The molecule has 0 aliphatic rings. The SMILES string of the molecule is COC(=O)c1c(-c2c(C(C)C)cc(C(C)C)cc2C(C)C)ccc2cccc(-c3ccc4ccc(-c5cccc6ccc(-c7c(C(C)C)cc(C(C)C)cc7C(C)C)c(C(=O)O)c56)cc4c3)c12. The van der Waals surface area contributed by atoms with Gasteiger partial charge in [0, 0.05) is 10.8 Å². The van der Waals surface area contributed by atoms with Gasteiger partial charge in [-0.3, -0.25) is 0 Å². The summed E-state index contributed by atoms with van der Waals surface area (Å²) in [6.45, 7) is 26.7. The van der Waals surface area contributed by atoms with E-state index in [9.17, 15) is 14.7 Å². The van der Waals surface area contributed by atoms with Crippen molar-refractivity contribution in [3.05, 3.63) is 166 Å². The Balaban J connectivity index is 1.36. The van der Waals surface area contributed by atoms with Crippen LogP contribution in [0.15, 0.2) is 121 Å². The number of carbonyl (C=O) groups is 2. The third-order valence-corrected chi connectivity index (χ3v) is 14.0. The number of hydrogen-bond acceptors (Lipinski definition) is 3. The summed E-state index contributed by atoms with van der Waals surface area (Å²) in [5.74, 6) is 0.232. The van der Waals surface area contributed by atoms with Crippen LogP contribution in [0, 0.1) is 0 Å². The van der Waals surface area contributed by atoms with E-state index in [0.717, 1.165) is 76.8 Å². The lowest BCUT2D eigenvalue weighted by molar-refractivity contribution is 0.0603. The second-order valence-electron chi connectivity index (χ2n) is 20.4. The first-order valence-corrected chi connectivity index (χ1v) is 24.2. The van der Waals surface area contributed by atoms with Crippen molar-refractivity contribution >= 4 is 44.3 Å². The number of methoxy groups -OCH3 is 1. The van der Waals surface area contributed by atoms with Crippen LogP contribution in [0.1, 0.15) is 173 Å². The highest BCUT2D eigenvalue weighted by Crippen LogP contribution is 2.46. The molecule has 4 heteroatoms. The molecule has 0 saturated heterocycles. The first-order valence-electron chi connectivity index (χ1n) is 24.2. The number of carboxylic acid groups (broad SMARTS) is 1. The largest absolute Gasteiger partial charge is 0.478 e. The van der Waals surface area contributed by atoms with Gasteiger partial charge in [0.05, 0.1) is 18.2 Å². The molecule has 1 N–H and O–H groups in total. The third-order valence-electron chi connectivity index (χ3n) is 14.0. The smallest absolute Gasteiger partial charge is 0.339 e. The van der Waals surface area contributed by atoms with Crippen LogP contribution in [0.25, 0.3) is 76.8 Å². The maximum Gasteiger partial charge on any atom is 0.339 e. The predicted octanol–water partition coefficient (Wildman–Crippen LogP) is 18.0. The Bertz CT molecular complexity index is 3170. The molecule has 0 bridgehead atoms. The number of carbonyl (C=O) groups excluding carboxylic acids is 1. The number of ether oxygens (including phenoxy) is 1. The highest BCUT2D eigenvalue weighted by molar-refractivity contribution is 6.17. The molecule has 0 unspecified atom stereocenters. The third kappa shape index (κ3) is 8.56. The molecule has 67 heavy (non-hydrogen) atoms. The molecule has 0 aliphatic carbocycles. The minimum absolute atomic E-state index is 0.191. The molecule has 0 saturated carbocycles. The Kier molecular flexibility index (Phi) is 13.1. The van der Waals surface area contributed by atoms with Crippen LogP contribution in [0.4, 0.5) is 0 Å². The molecule has 8 aromatic carbocycles. The molecular weight excluding hydrogens is 821 g/mol. The molecule has 0 heterocycles. The normalized spacial score (nSPS) is 12.0.